The number of halogens is 1. The molecular formula is C7H10ClNO. The fraction of sp³-hybridized carbons (Fsp3) is 0.286. The smallest absolute Gasteiger partial charge is 0.0699 e. The summed E-state index contributed by atoms with van der Waals surface area (Å²) in [6.45, 7) is 2.03. The molecule has 0 bridgehead atoms. The number of hydrogen-bond donors (Lipinski definition) is 1. The first-order valence-corrected chi connectivity index (χ1v) is 2.85. The minimum absolute atomic E-state index is 0. The van der Waals surface area contributed by atoms with Crippen molar-refractivity contribution in [1.82, 2.24) is 4.98 Å². The van der Waals surface area contributed by atoms with Gasteiger partial charge in [-0.2, -0.15) is 0 Å². The Morgan fingerprint density at radius 1 is 1.60 bits per heavy atom. The molecule has 1 aromatic rings. The van der Waals surface area contributed by atoms with Crippen LogP contribution in [0.3, 0.4) is 0 Å². The number of aromatic nitrogens is 1. The van der Waals surface area contributed by atoms with E-state index in [0.717, 1.165) is 11.1 Å². The number of aliphatic hydroxyl groups excluding tert-OH is 1. The Morgan fingerprint density at radius 3 is 2.70 bits per heavy atom. The molecule has 0 atom stereocenters. The van der Waals surface area contributed by atoms with E-state index >= 15 is 0 Å². The molecule has 0 unspecified atom stereocenters. The van der Waals surface area contributed by atoms with Gasteiger partial charge in [-0.1, -0.05) is 0 Å². The lowest BCUT2D eigenvalue weighted by Gasteiger charge is -1.97. The van der Waals surface area contributed by atoms with E-state index in [-0.39, 0.29) is 19.0 Å². The lowest BCUT2D eigenvalue weighted by Crippen LogP contribution is -1.87. The first-order chi connectivity index (χ1) is 4.34. The number of hydrogen-bond acceptors (Lipinski definition) is 2. The van der Waals surface area contributed by atoms with Gasteiger partial charge in [0.1, 0.15) is 0 Å². The molecule has 0 fully saturated rings. The standard InChI is InChI=1S/C7H9NO.ClH/c1-6-2-3-8-4-7(6)5-9;/h2-4,9H,5H2,1H3;1H. The first kappa shape index (κ1) is 9.40. The van der Waals surface area contributed by atoms with E-state index < -0.39 is 0 Å². The summed E-state index contributed by atoms with van der Waals surface area (Å²) >= 11 is 0. The van der Waals surface area contributed by atoms with Crippen LogP contribution in [0.1, 0.15) is 11.1 Å². The second-order valence-electron chi connectivity index (χ2n) is 1.96. The summed E-state index contributed by atoms with van der Waals surface area (Å²) in [6, 6.07) is 1.88. The van der Waals surface area contributed by atoms with Gasteiger partial charge in [-0.15, -0.1) is 12.4 Å². The molecule has 0 saturated carbocycles. The zero-order valence-electron chi connectivity index (χ0n) is 5.74. The van der Waals surface area contributed by atoms with Crippen molar-refractivity contribution < 1.29 is 5.11 Å². The molecule has 56 valence electrons. The Kier molecular flexibility index (Phi) is 4.00. The summed E-state index contributed by atoms with van der Waals surface area (Å²) < 4.78 is 0. The van der Waals surface area contributed by atoms with Crippen molar-refractivity contribution in [1.29, 1.82) is 0 Å². The van der Waals surface area contributed by atoms with Gasteiger partial charge in [-0.3, -0.25) is 4.98 Å². The number of rotatable bonds is 1. The first-order valence-electron chi connectivity index (χ1n) is 2.85. The van der Waals surface area contributed by atoms with Crippen LogP contribution < -0.4 is 0 Å². The maximum Gasteiger partial charge on any atom is 0.0699 e. The normalized spacial score (nSPS) is 8.60. The van der Waals surface area contributed by atoms with Crippen molar-refractivity contribution >= 4 is 12.4 Å². The highest BCUT2D eigenvalue weighted by Gasteiger charge is 1.91. The molecule has 1 rings (SSSR count). The van der Waals surface area contributed by atoms with Crippen LogP contribution in [0.5, 0.6) is 0 Å². The van der Waals surface area contributed by atoms with Crippen molar-refractivity contribution in [2.24, 2.45) is 0 Å². The number of pyridine rings is 1. The van der Waals surface area contributed by atoms with E-state index in [1.807, 2.05) is 13.0 Å². The topological polar surface area (TPSA) is 33.1 Å². The van der Waals surface area contributed by atoms with Gasteiger partial charge in [0, 0.05) is 12.4 Å². The van der Waals surface area contributed by atoms with Crippen molar-refractivity contribution in [3.8, 4) is 0 Å². The minimum atomic E-state index is 0. The molecule has 0 aliphatic carbocycles. The summed E-state index contributed by atoms with van der Waals surface area (Å²) in [6.07, 6.45) is 3.39. The highest BCUT2D eigenvalue weighted by atomic mass is 35.5. The van der Waals surface area contributed by atoms with E-state index in [2.05, 4.69) is 4.98 Å². The van der Waals surface area contributed by atoms with Crippen LogP contribution in [0.2, 0.25) is 0 Å². The molecule has 1 N–H and O–H groups in total. The van der Waals surface area contributed by atoms with Crippen LogP contribution in [0, 0.1) is 6.92 Å². The maximum absolute atomic E-state index is 8.68. The predicted octanol–water partition coefficient (Wildman–Crippen LogP) is 1.30. The zero-order valence-corrected chi connectivity index (χ0v) is 6.56. The third-order valence-corrected chi connectivity index (χ3v) is 1.32. The summed E-state index contributed by atoms with van der Waals surface area (Å²) in [5, 5.41) is 8.68. The van der Waals surface area contributed by atoms with Crippen molar-refractivity contribution in [3.05, 3.63) is 29.6 Å². The largest absolute Gasteiger partial charge is 0.392 e. The molecule has 0 aliphatic heterocycles. The molecule has 0 aromatic carbocycles. The molecule has 0 spiro atoms. The molecule has 1 aromatic heterocycles. The molecule has 0 aliphatic rings. The van der Waals surface area contributed by atoms with E-state index in [1.54, 1.807) is 12.4 Å². The number of nitrogens with zero attached hydrogens (tertiary/aromatic N) is 1. The van der Waals surface area contributed by atoms with Crippen LogP contribution in [0.15, 0.2) is 18.5 Å². The second-order valence-corrected chi connectivity index (χ2v) is 1.96. The summed E-state index contributed by atoms with van der Waals surface area (Å²) in [5.41, 5.74) is 1.99. The van der Waals surface area contributed by atoms with Gasteiger partial charge in [0.05, 0.1) is 6.61 Å². The van der Waals surface area contributed by atoms with Crippen molar-refractivity contribution in [2.45, 2.75) is 13.5 Å². The molecule has 0 radical (unpaired) electrons. The van der Waals surface area contributed by atoms with Crippen molar-refractivity contribution in [2.75, 3.05) is 0 Å². The Hall–Kier alpha value is -0.600. The second kappa shape index (κ2) is 4.25. The lowest BCUT2D eigenvalue weighted by atomic mass is 10.2. The number of aliphatic hydroxyl groups is 1. The molecule has 0 amide bonds. The third kappa shape index (κ3) is 1.97. The quantitative estimate of drug-likeness (QED) is 0.670. The average molecular weight is 160 g/mol. The van der Waals surface area contributed by atoms with Gasteiger partial charge in [-0.05, 0) is 24.1 Å². The van der Waals surface area contributed by atoms with Crippen LogP contribution >= 0.6 is 12.4 Å². The summed E-state index contributed by atoms with van der Waals surface area (Å²) in [5.74, 6) is 0. The van der Waals surface area contributed by atoms with Crippen LogP contribution in [-0.4, -0.2) is 10.1 Å². The molecule has 1 heterocycles. The highest BCUT2D eigenvalue weighted by molar-refractivity contribution is 5.85. The molecule has 0 saturated heterocycles. The van der Waals surface area contributed by atoms with Crippen molar-refractivity contribution in [3.63, 3.8) is 0 Å². The molecular weight excluding hydrogens is 150 g/mol. The molecule has 3 heteroatoms. The third-order valence-electron chi connectivity index (χ3n) is 1.32. The SMILES string of the molecule is Cc1ccncc1CO.Cl. The van der Waals surface area contributed by atoms with Gasteiger partial charge in [0.25, 0.3) is 0 Å². The van der Waals surface area contributed by atoms with Gasteiger partial charge >= 0.3 is 0 Å². The maximum atomic E-state index is 8.68. The fourth-order valence-corrected chi connectivity index (χ4v) is 0.662. The minimum Gasteiger partial charge on any atom is -0.392 e. The average Bonchev–Trinajstić information content (AvgIpc) is 1.89. The predicted molar refractivity (Wildman–Crippen MR) is 42.1 cm³/mol. The monoisotopic (exact) mass is 159 g/mol. The fourth-order valence-electron chi connectivity index (χ4n) is 0.662. The van der Waals surface area contributed by atoms with E-state index in [1.165, 1.54) is 0 Å². The lowest BCUT2D eigenvalue weighted by molar-refractivity contribution is 0.280. The van der Waals surface area contributed by atoms with Crippen LogP contribution in [0.25, 0.3) is 0 Å². The molecule has 10 heavy (non-hydrogen) atoms. The summed E-state index contributed by atoms with van der Waals surface area (Å²) in [7, 11) is 0. The van der Waals surface area contributed by atoms with Gasteiger partial charge in [-0.25, -0.2) is 0 Å². The van der Waals surface area contributed by atoms with E-state index in [9.17, 15) is 0 Å². The Balaban J connectivity index is 0.000000810. The Labute approximate surface area is 66.3 Å². The Bertz CT molecular complexity index is 203. The van der Waals surface area contributed by atoms with Crippen LogP contribution in [0.4, 0.5) is 0 Å². The summed E-state index contributed by atoms with van der Waals surface area (Å²) in [4.78, 5) is 3.86. The Morgan fingerprint density at radius 2 is 2.30 bits per heavy atom. The van der Waals surface area contributed by atoms with Gasteiger partial charge in [0.15, 0.2) is 0 Å². The molecule has 2 nitrogen and oxygen atoms in total. The zero-order chi connectivity index (χ0) is 6.69. The van der Waals surface area contributed by atoms with Gasteiger partial charge in [0.2, 0.25) is 0 Å². The highest BCUT2D eigenvalue weighted by Crippen LogP contribution is 2.02. The van der Waals surface area contributed by atoms with E-state index in [4.69, 9.17) is 5.11 Å². The van der Waals surface area contributed by atoms with Gasteiger partial charge < -0.3 is 5.11 Å². The van der Waals surface area contributed by atoms with E-state index in [0.29, 0.717) is 0 Å². The number of aryl methyl sites for hydroxylation is 1. The van der Waals surface area contributed by atoms with Crippen LogP contribution in [-0.2, 0) is 6.61 Å².